The van der Waals surface area contributed by atoms with Crippen molar-refractivity contribution >= 4 is 12.0 Å². The Morgan fingerprint density at radius 1 is 1.05 bits per heavy atom. The van der Waals surface area contributed by atoms with Gasteiger partial charge in [0.25, 0.3) is 0 Å². The molecule has 0 radical (unpaired) electrons. The number of carboxylic acid groups (broad SMARTS) is 1. The number of amides is 2. The standard InChI is InChI=1S/C16H26N2O3/c19-14(20)12-6-10-18(11-12)15(21)17-13-5-1-2-7-16(13)8-3-4-9-16/h12-13H,1-11H2,(H,17,21)(H,19,20). The predicted octanol–water partition coefficient (Wildman–Crippen LogP) is 2.61. The van der Waals surface area contributed by atoms with Gasteiger partial charge in [0, 0.05) is 19.1 Å². The summed E-state index contributed by atoms with van der Waals surface area (Å²) in [6.45, 7) is 0.934. The van der Waals surface area contributed by atoms with Crippen molar-refractivity contribution in [2.24, 2.45) is 11.3 Å². The number of nitrogens with one attached hydrogen (secondary N) is 1. The molecule has 0 aromatic heterocycles. The monoisotopic (exact) mass is 294 g/mol. The maximum atomic E-state index is 12.4. The van der Waals surface area contributed by atoms with Crippen LogP contribution in [-0.4, -0.2) is 41.1 Å². The molecule has 1 heterocycles. The smallest absolute Gasteiger partial charge is 0.317 e. The molecule has 1 aliphatic heterocycles. The zero-order valence-electron chi connectivity index (χ0n) is 12.6. The normalized spacial score (nSPS) is 31.5. The van der Waals surface area contributed by atoms with E-state index in [1.165, 1.54) is 44.9 Å². The quantitative estimate of drug-likeness (QED) is 0.822. The number of likely N-dealkylation sites (tertiary alicyclic amines) is 1. The minimum atomic E-state index is -0.782. The highest BCUT2D eigenvalue weighted by Gasteiger charge is 2.44. The van der Waals surface area contributed by atoms with E-state index < -0.39 is 5.97 Å². The minimum Gasteiger partial charge on any atom is -0.481 e. The third-order valence-electron chi connectivity index (χ3n) is 5.88. The molecule has 2 N–H and O–H groups in total. The van der Waals surface area contributed by atoms with Gasteiger partial charge in [0.05, 0.1) is 5.92 Å². The average molecular weight is 294 g/mol. The van der Waals surface area contributed by atoms with Crippen molar-refractivity contribution in [1.82, 2.24) is 10.2 Å². The fourth-order valence-corrected chi connectivity index (χ4v) is 4.60. The first kappa shape index (κ1) is 14.7. The van der Waals surface area contributed by atoms with Crippen molar-refractivity contribution in [1.29, 1.82) is 0 Å². The molecule has 1 spiro atoms. The lowest BCUT2D eigenvalue weighted by atomic mass is 9.69. The highest BCUT2D eigenvalue weighted by molar-refractivity contribution is 5.77. The van der Waals surface area contributed by atoms with Crippen LogP contribution in [-0.2, 0) is 4.79 Å². The lowest BCUT2D eigenvalue weighted by molar-refractivity contribution is -0.141. The molecule has 2 amide bonds. The Morgan fingerprint density at radius 3 is 2.33 bits per heavy atom. The molecule has 1 saturated heterocycles. The van der Waals surface area contributed by atoms with Crippen molar-refractivity contribution in [2.45, 2.75) is 63.8 Å². The number of rotatable bonds is 2. The first-order valence-corrected chi connectivity index (χ1v) is 8.39. The van der Waals surface area contributed by atoms with E-state index in [1.54, 1.807) is 4.90 Å². The summed E-state index contributed by atoms with van der Waals surface area (Å²) in [5.41, 5.74) is 0.333. The van der Waals surface area contributed by atoms with Gasteiger partial charge in [-0.25, -0.2) is 4.79 Å². The third-order valence-corrected chi connectivity index (χ3v) is 5.88. The zero-order chi connectivity index (χ0) is 14.9. The molecule has 2 saturated carbocycles. The summed E-state index contributed by atoms with van der Waals surface area (Å²) in [4.78, 5) is 25.1. The van der Waals surface area contributed by atoms with Gasteiger partial charge < -0.3 is 15.3 Å². The molecule has 0 aromatic carbocycles. The van der Waals surface area contributed by atoms with Crippen LogP contribution in [0.3, 0.4) is 0 Å². The summed E-state index contributed by atoms with van der Waals surface area (Å²) in [5.74, 6) is -1.17. The Balaban J connectivity index is 1.60. The van der Waals surface area contributed by atoms with Gasteiger partial charge in [0.15, 0.2) is 0 Å². The van der Waals surface area contributed by atoms with E-state index in [2.05, 4.69) is 5.32 Å². The van der Waals surface area contributed by atoms with E-state index in [0.29, 0.717) is 31.0 Å². The molecular weight excluding hydrogens is 268 g/mol. The molecule has 0 aromatic rings. The number of aliphatic carboxylic acids is 1. The molecule has 5 nitrogen and oxygen atoms in total. The fourth-order valence-electron chi connectivity index (χ4n) is 4.60. The second-order valence-corrected chi connectivity index (χ2v) is 7.09. The predicted molar refractivity (Wildman–Crippen MR) is 79.0 cm³/mol. The molecule has 21 heavy (non-hydrogen) atoms. The number of hydrogen-bond acceptors (Lipinski definition) is 2. The number of carbonyl (C=O) groups excluding carboxylic acids is 1. The van der Waals surface area contributed by atoms with Gasteiger partial charge in [-0.15, -0.1) is 0 Å². The van der Waals surface area contributed by atoms with Crippen LogP contribution < -0.4 is 5.32 Å². The van der Waals surface area contributed by atoms with E-state index in [1.807, 2.05) is 0 Å². The Hall–Kier alpha value is -1.26. The molecule has 2 atom stereocenters. The number of carbonyl (C=O) groups is 2. The van der Waals surface area contributed by atoms with Gasteiger partial charge in [-0.1, -0.05) is 25.7 Å². The minimum absolute atomic E-state index is 0.0445. The van der Waals surface area contributed by atoms with Crippen LogP contribution in [0.1, 0.15) is 57.8 Å². The molecule has 5 heteroatoms. The first-order valence-electron chi connectivity index (χ1n) is 8.39. The highest BCUT2D eigenvalue weighted by Crippen LogP contribution is 2.49. The van der Waals surface area contributed by atoms with Gasteiger partial charge in [-0.05, 0) is 37.5 Å². The lowest BCUT2D eigenvalue weighted by Gasteiger charge is -2.42. The van der Waals surface area contributed by atoms with E-state index in [-0.39, 0.29) is 11.9 Å². The Bertz CT molecular complexity index is 418. The lowest BCUT2D eigenvalue weighted by Crippen LogP contribution is -2.52. The van der Waals surface area contributed by atoms with Crippen LogP contribution >= 0.6 is 0 Å². The molecule has 118 valence electrons. The summed E-state index contributed by atoms with van der Waals surface area (Å²) < 4.78 is 0. The van der Waals surface area contributed by atoms with Crippen LogP contribution in [0.5, 0.6) is 0 Å². The van der Waals surface area contributed by atoms with Gasteiger partial charge in [0.1, 0.15) is 0 Å². The highest BCUT2D eigenvalue weighted by atomic mass is 16.4. The number of urea groups is 1. The van der Waals surface area contributed by atoms with Crippen LogP contribution in [0.15, 0.2) is 0 Å². The Kier molecular flexibility index (Phi) is 4.09. The maximum Gasteiger partial charge on any atom is 0.317 e. The van der Waals surface area contributed by atoms with Crippen LogP contribution in [0.25, 0.3) is 0 Å². The summed E-state index contributed by atoms with van der Waals surface area (Å²) >= 11 is 0. The molecule has 2 aliphatic carbocycles. The molecule has 3 aliphatic rings. The Labute approximate surface area is 126 Å². The molecule has 2 unspecified atom stereocenters. The van der Waals surface area contributed by atoms with Crippen molar-refractivity contribution < 1.29 is 14.7 Å². The first-order chi connectivity index (χ1) is 10.1. The summed E-state index contributed by atoms with van der Waals surface area (Å²) in [7, 11) is 0. The van der Waals surface area contributed by atoms with Crippen molar-refractivity contribution in [2.75, 3.05) is 13.1 Å². The second-order valence-electron chi connectivity index (χ2n) is 7.09. The summed E-state index contributed by atoms with van der Waals surface area (Å²) in [5, 5.41) is 12.3. The number of nitrogens with zero attached hydrogens (tertiary/aromatic N) is 1. The van der Waals surface area contributed by atoms with Crippen LogP contribution in [0.2, 0.25) is 0 Å². The molecule has 0 bridgehead atoms. The number of carboxylic acids is 1. The zero-order valence-corrected chi connectivity index (χ0v) is 12.6. The summed E-state index contributed by atoms with van der Waals surface area (Å²) in [6, 6.07) is 0.252. The van der Waals surface area contributed by atoms with Crippen LogP contribution in [0.4, 0.5) is 4.79 Å². The largest absolute Gasteiger partial charge is 0.481 e. The van der Waals surface area contributed by atoms with E-state index in [4.69, 9.17) is 5.11 Å². The van der Waals surface area contributed by atoms with Gasteiger partial charge >= 0.3 is 12.0 Å². The molecular formula is C16H26N2O3. The van der Waals surface area contributed by atoms with Gasteiger partial charge in [-0.3, -0.25) is 4.79 Å². The third kappa shape index (κ3) is 2.87. The second kappa shape index (κ2) is 5.85. The molecule has 3 fully saturated rings. The van der Waals surface area contributed by atoms with Gasteiger partial charge in [-0.2, -0.15) is 0 Å². The van der Waals surface area contributed by atoms with Crippen molar-refractivity contribution in [3.63, 3.8) is 0 Å². The topological polar surface area (TPSA) is 69.6 Å². The van der Waals surface area contributed by atoms with E-state index in [9.17, 15) is 9.59 Å². The van der Waals surface area contributed by atoms with E-state index in [0.717, 1.165) is 6.42 Å². The Morgan fingerprint density at radius 2 is 1.71 bits per heavy atom. The SMILES string of the molecule is O=C(O)C1CCN(C(=O)NC2CCCCC23CCCC3)C1. The number of hydrogen-bond donors (Lipinski definition) is 2. The fraction of sp³-hybridized carbons (Fsp3) is 0.875. The average Bonchev–Trinajstić information content (AvgIpc) is 3.11. The van der Waals surface area contributed by atoms with E-state index >= 15 is 0 Å². The summed E-state index contributed by atoms with van der Waals surface area (Å²) in [6.07, 6.45) is 10.5. The van der Waals surface area contributed by atoms with Gasteiger partial charge in [0.2, 0.25) is 0 Å². The van der Waals surface area contributed by atoms with Crippen molar-refractivity contribution in [3.8, 4) is 0 Å². The maximum absolute atomic E-state index is 12.4. The van der Waals surface area contributed by atoms with Crippen LogP contribution in [0, 0.1) is 11.3 Å². The molecule has 3 rings (SSSR count). The van der Waals surface area contributed by atoms with Crippen molar-refractivity contribution in [3.05, 3.63) is 0 Å².